The summed E-state index contributed by atoms with van der Waals surface area (Å²) >= 11 is 7.46. The Morgan fingerprint density at radius 2 is 1.71 bits per heavy atom. The third-order valence-electron chi connectivity index (χ3n) is 4.34. The van der Waals surface area contributed by atoms with E-state index in [4.69, 9.17) is 11.6 Å². The molecule has 2 aromatic rings. The number of halogens is 1. The van der Waals surface area contributed by atoms with E-state index in [1.165, 1.54) is 0 Å². The molecule has 0 heterocycles. The monoisotopic (exact) mass is 418 g/mol. The Labute approximate surface area is 176 Å². The molecule has 150 valence electrons. The molecule has 1 N–H and O–H groups in total. The molecule has 0 unspecified atom stereocenters. The van der Waals surface area contributed by atoms with Gasteiger partial charge in [0, 0.05) is 23.9 Å². The van der Waals surface area contributed by atoms with E-state index in [0.29, 0.717) is 30.3 Å². The molecule has 1 atom stereocenters. The summed E-state index contributed by atoms with van der Waals surface area (Å²) in [5, 5.41) is 3.55. The fourth-order valence-corrected chi connectivity index (χ4v) is 3.91. The van der Waals surface area contributed by atoms with Crippen LogP contribution in [0.15, 0.2) is 54.6 Å². The van der Waals surface area contributed by atoms with Gasteiger partial charge >= 0.3 is 0 Å². The summed E-state index contributed by atoms with van der Waals surface area (Å²) in [6.07, 6.45) is 0.576. The Balaban J connectivity index is 2.06. The maximum atomic E-state index is 13.0. The number of likely N-dealkylation sites (N-methyl/N-ethyl adjacent to an activating group) is 1. The number of nitrogens with one attached hydrogen (secondary N) is 1. The predicted molar refractivity (Wildman–Crippen MR) is 117 cm³/mol. The first-order chi connectivity index (χ1) is 13.5. The fraction of sp³-hybridized carbons (Fsp3) is 0.364. The molecule has 2 rings (SSSR count). The Morgan fingerprint density at radius 3 is 2.32 bits per heavy atom. The zero-order valence-electron chi connectivity index (χ0n) is 16.4. The number of nitrogens with zero attached hydrogens (tertiary/aromatic N) is 1. The van der Waals surface area contributed by atoms with Crippen molar-refractivity contribution in [3.63, 3.8) is 0 Å². The van der Waals surface area contributed by atoms with E-state index in [9.17, 15) is 9.59 Å². The van der Waals surface area contributed by atoms with E-state index in [-0.39, 0.29) is 11.8 Å². The summed E-state index contributed by atoms with van der Waals surface area (Å²) in [4.78, 5) is 27.2. The van der Waals surface area contributed by atoms with Crippen LogP contribution < -0.4 is 5.32 Å². The standard InChI is InChI=1S/C22H27ClN2O2S/c1-3-20(22(27)24-4-2)25(14-17-8-6-5-7-9-17)21(26)16-28-15-18-10-12-19(23)13-11-18/h5-13,20H,3-4,14-16H2,1-2H3,(H,24,27)/t20-/m0/s1. The van der Waals surface area contributed by atoms with Crippen molar-refractivity contribution in [3.05, 3.63) is 70.7 Å². The molecule has 0 fully saturated rings. The lowest BCUT2D eigenvalue weighted by atomic mass is 10.1. The van der Waals surface area contributed by atoms with Crippen molar-refractivity contribution < 1.29 is 9.59 Å². The summed E-state index contributed by atoms with van der Waals surface area (Å²) in [6, 6.07) is 16.9. The third-order valence-corrected chi connectivity index (χ3v) is 5.58. The highest BCUT2D eigenvalue weighted by atomic mass is 35.5. The van der Waals surface area contributed by atoms with Crippen LogP contribution in [0, 0.1) is 0 Å². The molecule has 0 saturated carbocycles. The van der Waals surface area contributed by atoms with Crippen LogP contribution >= 0.6 is 23.4 Å². The number of hydrogen-bond donors (Lipinski definition) is 1. The van der Waals surface area contributed by atoms with E-state index in [0.717, 1.165) is 16.9 Å². The predicted octanol–water partition coefficient (Wildman–Crippen LogP) is 4.52. The SMILES string of the molecule is CCNC(=O)[C@H](CC)N(Cc1ccccc1)C(=O)CSCc1ccc(Cl)cc1. The van der Waals surface area contributed by atoms with Crippen molar-refractivity contribution in [2.24, 2.45) is 0 Å². The molecule has 0 saturated heterocycles. The molecule has 2 aromatic carbocycles. The minimum absolute atomic E-state index is 0.0269. The van der Waals surface area contributed by atoms with Crippen LogP contribution in [0.4, 0.5) is 0 Å². The smallest absolute Gasteiger partial charge is 0.242 e. The zero-order chi connectivity index (χ0) is 20.4. The van der Waals surface area contributed by atoms with Gasteiger partial charge in [-0.3, -0.25) is 9.59 Å². The largest absolute Gasteiger partial charge is 0.355 e. The van der Waals surface area contributed by atoms with Gasteiger partial charge in [0.05, 0.1) is 5.75 Å². The molecule has 28 heavy (non-hydrogen) atoms. The molecule has 0 spiro atoms. The molecular formula is C22H27ClN2O2S. The normalized spacial score (nSPS) is 11.7. The average molecular weight is 419 g/mol. The Kier molecular flexibility index (Phi) is 9.38. The molecule has 0 aliphatic heterocycles. The van der Waals surface area contributed by atoms with Gasteiger partial charge in [0.15, 0.2) is 0 Å². The average Bonchev–Trinajstić information content (AvgIpc) is 2.70. The first-order valence-electron chi connectivity index (χ1n) is 9.48. The number of rotatable bonds is 10. The Morgan fingerprint density at radius 1 is 1.04 bits per heavy atom. The number of benzene rings is 2. The van der Waals surface area contributed by atoms with Gasteiger partial charge < -0.3 is 10.2 Å². The van der Waals surface area contributed by atoms with Crippen molar-refractivity contribution in [2.45, 2.75) is 38.6 Å². The van der Waals surface area contributed by atoms with E-state index in [2.05, 4.69) is 5.32 Å². The molecule has 4 nitrogen and oxygen atoms in total. The summed E-state index contributed by atoms with van der Waals surface area (Å²) in [6.45, 7) is 4.80. The minimum Gasteiger partial charge on any atom is -0.355 e. The van der Waals surface area contributed by atoms with E-state index in [1.807, 2.05) is 68.4 Å². The molecule has 6 heteroatoms. The highest BCUT2D eigenvalue weighted by molar-refractivity contribution is 7.99. The van der Waals surface area contributed by atoms with Gasteiger partial charge in [0.2, 0.25) is 11.8 Å². The molecule has 0 radical (unpaired) electrons. The summed E-state index contributed by atoms with van der Waals surface area (Å²) < 4.78 is 0. The number of thioether (sulfide) groups is 1. The Hall–Kier alpha value is -1.98. The van der Waals surface area contributed by atoms with Crippen LogP contribution in [0.2, 0.25) is 5.02 Å². The molecule has 0 aromatic heterocycles. The van der Waals surface area contributed by atoms with Crippen molar-refractivity contribution in [1.82, 2.24) is 10.2 Å². The van der Waals surface area contributed by atoms with Crippen molar-refractivity contribution >= 4 is 35.2 Å². The van der Waals surface area contributed by atoms with Gasteiger partial charge in [-0.2, -0.15) is 0 Å². The maximum absolute atomic E-state index is 13.0. The van der Waals surface area contributed by atoms with Gasteiger partial charge in [0.1, 0.15) is 6.04 Å². The van der Waals surface area contributed by atoms with E-state index < -0.39 is 6.04 Å². The second-order valence-electron chi connectivity index (χ2n) is 6.45. The van der Waals surface area contributed by atoms with Crippen LogP contribution in [0.5, 0.6) is 0 Å². The van der Waals surface area contributed by atoms with Crippen molar-refractivity contribution in [1.29, 1.82) is 0 Å². The van der Waals surface area contributed by atoms with Gasteiger partial charge in [-0.15, -0.1) is 11.8 Å². The molecule has 0 bridgehead atoms. The second kappa shape index (κ2) is 11.8. The van der Waals surface area contributed by atoms with Crippen molar-refractivity contribution in [2.75, 3.05) is 12.3 Å². The lowest BCUT2D eigenvalue weighted by Gasteiger charge is -2.30. The van der Waals surface area contributed by atoms with Gasteiger partial charge in [0.25, 0.3) is 0 Å². The maximum Gasteiger partial charge on any atom is 0.242 e. The molecule has 0 aliphatic rings. The number of carbonyl (C=O) groups is 2. The second-order valence-corrected chi connectivity index (χ2v) is 7.87. The highest BCUT2D eigenvalue weighted by Gasteiger charge is 2.28. The topological polar surface area (TPSA) is 49.4 Å². The summed E-state index contributed by atoms with van der Waals surface area (Å²) in [5.41, 5.74) is 2.13. The summed E-state index contributed by atoms with van der Waals surface area (Å²) in [7, 11) is 0. The third kappa shape index (κ3) is 6.88. The van der Waals surface area contributed by atoms with Crippen LogP contribution in [-0.2, 0) is 21.9 Å². The highest BCUT2D eigenvalue weighted by Crippen LogP contribution is 2.18. The van der Waals surface area contributed by atoms with Crippen LogP contribution in [0.3, 0.4) is 0 Å². The zero-order valence-corrected chi connectivity index (χ0v) is 17.9. The molecular weight excluding hydrogens is 392 g/mol. The quantitative estimate of drug-likeness (QED) is 0.617. The van der Waals surface area contributed by atoms with Gasteiger partial charge in [-0.05, 0) is 36.6 Å². The molecule has 0 aliphatic carbocycles. The lowest BCUT2D eigenvalue weighted by molar-refractivity contribution is -0.139. The van der Waals surface area contributed by atoms with Crippen molar-refractivity contribution in [3.8, 4) is 0 Å². The van der Waals surface area contributed by atoms with Crippen LogP contribution in [0.1, 0.15) is 31.4 Å². The van der Waals surface area contributed by atoms with Crippen LogP contribution in [0.25, 0.3) is 0 Å². The van der Waals surface area contributed by atoms with Gasteiger partial charge in [-0.1, -0.05) is 61.0 Å². The molecule has 2 amide bonds. The fourth-order valence-electron chi connectivity index (χ4n) is 2.91. The number of hydrogen-bond acceptors (Lipinski definition) is 3. The first-order valence-corrected chi connectivity index (χ1v) is 11.0. The first kappa shape index (κ1) is 22.3. The lowest BCUT2D eigenvalue weighted by Crippen LogP contribution is -2.49. The van der Waals surface area contributed by atoms with E-state index in [1.54, 1.807) is 16.7 Å². The van der Waals surface area contributed by atoms with E-state index >= 15 is 0 Å². The van der Waals surface area contributed by atoms with Gasteiger partial charge in [-0.25, -0.2) is 0 Å². The number of amides is 2. The summed E-state index contributed by atoms with van der Waals surface area (Å²) in [5.74, 6) is 0.920. The number of carbonyl (C=O) groups excluding carboxylic acids is 2. The van der Waals surface area contributed by atoms with Crippen LogP contribution in [-0.4, -0.2) is 35.1 Å². The minimum atomic E-state index is -0.469. The Bertz CT molecular complexity index is 753.